The topological polar surface area (TPSA) is 64.1 Å². The highest BCUT2D eigenvalue weighted by Gasteiger charge is 2.04. The van der Waals surface area contributed by atoms with Gasteiger partial charge in [0.25, 0.3) is 5.91 Å². The molecule has 19 heavy (non-hydrogen) atoms. The maximum absolute atomic E-state index is 11.6. The predicted octanol–water partition coefficient (Wildman–Crippen LogP) is 2.39. The Labute approximate surface area is 112 Å². The van der Waals surface area contributed by atoms with Crippen molar-refractivity contribution in [1.29, 1.82) is 0 Å². The van der Waals surface area contributed by atoms with Gasteiger partial charge in [0, 0.05) is 6.61 Å². The van der Waals surface area contributed by atoms with Gasteiger partial charge in [0.1, 0.15) is 6.61 Å². The van der Waals surface area contributed by atoms with Crippen LogP contribution in [0.2, 0.25) is 0 Å². The van der Waals surface area contributed by atoms with Crippen LogP contribution in [0.3, 0.4) is 0 Å². The molecule has 1 aromatic heterocycles. The normalized spacial score (nSPS) is 10.6. The molecule has 1 aromatic carbocycles. The summed E-state index contributed by atoms with van der Waals surface area (Å²) < 4.78 is 5.24. The number of fused-ring (bicyclic) bond motifs is 1. The van der Waals surface area contributed by atoms with Gasteiger partial charge < -0.3 is 10.1 Å². The number of ether oxygens (including phenoxy) is 1. The summed E-state index contributed by atoms with van der Waals surface area (Å²) in [4.78, 5) is 20.1. The smallest absolute Gasteiger partial charge is 0.251 e. The number of rotatable bonds is 6. The summed E-state index contributed by atoms with van der Waals surface area (Å²) in [6.07, 6.45) is 3.56. The highest BCUT2D eigenvalue weighted by atomic mass is 16.5. The number of anilines is 1. The number of amides is 1. The predicted molar refractivity (Wildman–Crippen MR) is 73.9 cm³/mol. The summed E-state index contributed by atoms with van der Waals surface area (Å²) in [5, 5.41) is 2.67. The molecule has 5 nitrogen and oxygen atoms in total. The van der Waals surface area contributed by atoms with E-state index in [2.05, 4.69) is 22.2 Å². The molecule has 0 aliphatic rings. The Hall–Kier alpha value is -2.01. The highest BCUT2D eigenvalue weighted by molar-refractivity contribution is 5.91. The van der Waals surface area contributed by atoms with E-state index in [4.69, 9.17) is 4.74 Å². The van der Waals surface area contributed by atoms with Gasteiger partial charge in [-0.05, 0) is 18.6 Å². The standard InChI is InChI=1S/C14H17N3O2/c1-2-3-8-19-10-14(18)17-13-9-15-11-6-4-5-7-12(11)16-13/h4-7,9H,2-3,8,10H2,1H3,(H,16,17,18). The Morgan fingerprint density at radius 1 is 1.32 bits per heavy atom. The first-order valence-corrected chi connectivity index (χ1v) is 6.39. The molecule has 1 N–H and O–H groups in total. The zero-order valence-electron chi connectivity index (χ0n) is 10.9. The average molecular weight is 259 g/mol. The third-order valence-electron chi connectivity index (χ3n) is 2.59. The van der Waals surface area contributed by atoms with Crippen LogP contribution >= 0.6 is 0 Å². The van der Waals surface area contributed by atoms with Gasteiger partial charge in [0.05, 0.1) is 17.2 Å². The summed E-state index contributed by atoms with van der Waals surface area (Å²) in [5.41, 5.74) is 1.56. The Morgan fingerprint density at radius 2 is 2.11 bits per heavy atom. The number of hydrogen-bond donors (Lipinski definition) is 1. The first-order valence-electron chi connectivity index (χ1n) is 6.39. The van der Waals surface area contributed by atoms with E-state index in [1.54, 1.807) is 6.20 Å². The zero-order chi connectivity index (χ0) is 13.5. The van der Waals surface area contributed by atoms with Crippen molar-refractivity contribution >= 4 is 22.8 Å². The van der Waals surface area contributed by atoms with E-state index >= 15 is 0 Å². The third-order valence-corrected chi connectivity index (χ3v) is 2.59. The molecule has 0 fully saturated rings. The van der Waals surface area contributed by atoms with E-state index in [0.29, 0.717) is 12.4 Å². The van der Waals surface area contributed by atoms with Crippen LogP contribution in [-0.4, -0.2) is 29.1 Å². The summed E-state index contributed by atoms with van der Waals surface area (Å²) in [6, 6.07) is 7.52. The second-order valence-corrected chi connectivity index (χ2v) is 4.20. The molecule has 0 unspecified atom stereocenters. The van der Waals surface area contributed by atoms with Gasteiger partial charge in [-0.2, -0.15) is 0 Å². The number of nitrogens with zero attached hydrogens (tertiary/aromatic N) is 2. The maximum atomic E-state index is 11.6. The van der Waals surface area contributed by atoms with Crippen molar-refractivity contribution in [3.63, 3.8) is 0 Å². The van der Waals surface area contributed by atoms with Crippen LogP contribution in [0.5, 0.6) is 0 Å². The van der Waals surface area contributed by atoms with Crippen molar-refractivity contribution in [2.75, 3.05) is 18.5 Å². The molecule has 0 radical (unpaired) electrons. The van der Waals surface area contributed by atoms with E-state index in [1.165, 1.54) is 0 Å². The molecule has 0 bridgehead atoms. The summed E-state index contributed by atoms with van der Waals surface area (Å²) in [7, 11) is 0. The fourth-order valence-electron chi connectivity index (χ4n) is 1.61. The lowest BCUT2D eigenvalue weighted by Crippen LogP contribution is -2.19. The molecule has 0 aliphatic heterocycles. The van der Waals surface area contributed by atoms with Gasteiger partial charge in [0.2, 0.25) is 0 Å². The van der Waals surface area contributed by atoms with E-state index in [9.17, 15) is 4.79 Å². The van der Waals surface area contributed by atoms with Crippen molar-refractivity contribution in [2.45, 2.75) is 19.8 Å². The number of hydrogen-bond acceptors (Lipinski definition) is 4. The van der Waals surface area contributed by atoms with Crippen LogP contribution in [0, 0.1) is 0 Å². The summed E-state index contributed by atoms with van der Waals surface area (Å²) >= 11 is 0. The van der Waals surface area contributed by atoms with E-state index < -0.39 is 0 Å². The fourth-order valence-corrected chi connectivity index (χ4v) is 1.61. The molecule has 0 spiro atoms. The van der Waals surface area contributed by atoms with Crippen molar-refractivity contribution in [3.8, 4) is 0 Å². The molecular formula is C14H17N3O2. The van der Waals surface area contributed by atoms with Crippen molar-refractivity contribution < 1.29 is 9.53 Å². The Bertz CT molecular complexity index is 557. The number of para-hydroxylation sites is 2. The number of carbonyl (C=O) groups is 1. The Balaban J connectivity index is 1.91. The van der Waals surface area contributed by atoms with Gasteiger partial charge in [0.15, 0.2) is 5.82 Å². The van der Waals surface area contributed by atoms with E-state index in [1.807, 2.05) is 24.3 Å². The van der Waals surface area contributed by atoms with Gasteiger partial charge in [-0.15, -0.1) is 0 Å². The second-order valence-electron chi connectivity index (χ2n) is 4.20. The number of carbonyl (C=O) groups excluding carboxylic acids is 1. The Kier molecular flexibility index (Phi) is 4.80. The fraction of sp³-hybridized carbons (Fsp3) is 0.357. The SMILES string of the molecule is CCCCOCC(=O)Nc1cnc2ccccc2n1. The first-order chi connectivity index (χ1) is 9.29. The minimum absolute atomic E-state index is 0.0501. The minimum atomic E-state index is -0.208. The average Bonchev–Trinajstić information content (AvgIpc) is 2.43. The minimum Gasteiger partial charge on any atom is -0.372 e. The van der Waals surface area contributed by atoms with Gasteiger partial charge in [-0.3, -0.25) is 9.78 Å². The van der Waals surface area contributed by atoms with E-state index in [-0.39, 0.29) is 12.5 Å². The molecule has 1 heterocycles. The number of nitrogens with one attached hydrogen (secondary N) is 1. The largest absolute Gasteiger partial charge is 0.372 e. The second kappa shape index (κ2) is 6.80. The highest BCUT2D eigenvalue weighted by Crippen LogP contribution is 2.11. The molecular weight excluding hydrogens is 242 g/mol. The molecule has 0 atom stereocenters. The van der Waals surface area contributed by atoms with Crippen LogP contribution in [0.25, 0.3) is 11.0 Å². The van der Waals surface area contributed by atoms with E-state index in [0.717, 1.165) is 23.9 Å². The Morgan fingerprint density at radius 3 is 2.89 bits per heavy atom. The van der Waals surface area contributed by atoms with Gasteiger partial charge in [-0.25, -0.2) is 4.98 Å². The molecule has 100 valence electrons. The van der Waals surface area contributed by atoms with Crippen molar-refractivity contribution in [2.24, 2.45) is 0 Å². The molecule has 2 rings (SSSR count). The van der Waals surface area contributed by atoms with Crippen LogP contribution in [0.15, 0.2) is 30.5 Å². The molecule has 0 aliphatic carbocycles. The van der Waals surface area contributed by atoms with Crippen molar-refractivity contribution in [1.82, 2.24) is 9.97 Å². The molecule has 5 heteroatoms. The lowest BCUT2D eigenvalue weighted by Gasteiger charge is -2.05. The van der Waals surface area contributed by atoms with Gasteiger partial charge in [-0.1, -0.05) is 25.5 Å². The van der Waals surface area contributed by atoms with Crippen LogP contribution in [-0.2, 0) is 9.53 Å². The third kappa shape index (κ3) is 3.99. The van der Waals surface area contributed by atoms with Crippen LogP contribution in [0.4, 0.5) is 5.82 Å². The monoisotopic (exact) mass is 259 g/mol. The first kappa shape index (κ1) is 13.4. The molecule has 1 amide bonds. The van der Waals surface area contributed by atoms with Crippen LogP contribution in [0.1, 0.15) is 19.8 Å². The summed E-state index contributed by atoms with van der Waals surface area (Å²) in [5.74, 6) is 0.239. The van der Waals surface area contributed by atoms with Crippen molar-refractivity contribution in [3.05, 3.63) is 30.5 Å². The summed E-state index contributed by atoms with van der Waals surface area (Å²) in [6.45, 7) is 2.73. The lowest BCUT2D eigenvalue weighted by molar-refractivity contribution is -0.120. The number of aromatic nitrogens is 2. The quantitative estimate of drug-likeness (QED) is 0.809. The molecule has 0 saturated carbocycles. The molecule has 2 aromatic rings. The zero-order valence-corrected chi connectivity index (χ0v) is 10.9. The molecule has 0 saturated heterocycles. The van der Waals surface area contributed by atoms with Crippen LogP contribution < -0.4 is 5.32 Å². The lowest BCUT2D eigenvalue weighted by atomic mass is 10.3. The maximum Gasteiger partial charge on any atom is 0.251 e. The number of unbranched alkanes of at least 4 members (excludes halogenated alkanes) is 1. The number of benzene rings is 1. The van der Waals surface area contributed by atoms with Gasteiger partial charge >= 0.3 is 0 Å².